The number of rotatable bonds is 10. The number of benzene rings is 1. The van der Waals surface area contributed by atoms with E-state index in [4.69, 9.17) is 4.74 Å². The highest BCUT2D eigenvalue weighted by atomic mass is 32.2. The van der Waals surface area contributed by atoms with Crippen LogP contribution in [0, 0.1) is 6.92 Å². The Kier molecular flexibility index (Phi) is 10.6. The number of hydrogen-bond acceptors (Lipinski definition) is 3. The van der Waals surface area contributed by atoms with Gasteiger partial charge in [-0.3, -0.25) is 4.99 Å². The van der Waals surface area contributed by atoms with Gasteiger partial charge in [-0.1, -0.05) is 29.8 Å². The third-order valence-corrected chi connectivity index (χ3v) is 4.08. The Hall–Kier alpha value is -1.20. The second kappa shape index (κ2) is 12.4. The van der Waals surface area contributed by atoms with Crippen LogP contribution in [-0.2, 0) is 10.5 Å². The van der Waals surface area contributed by atoms with E-state index < -0.39 is 0 Å². The molecule has 0 aliphatic rings. The standard InChI is InChI=1S/C17H29N3OS/c1-4-18-17(19-10-5-12-21-3)20-11-13-22-14-16-8-6-15(2)7-9-16/h6-9H,4-5,10-14H2,1-3H3,(H2,18,19,20). The molecule has 0 atom stereocenters. The fourth-order valence-corrected chi connectivity index (χ4v) is 2.68. The van der Waals surface area contributed by atoms with E-state index in [9.17, 15) is 0 Å². The third kappa shape index (κ3) is 8.95. The van der Waals surface area contributed by atoms with Crippen LogP contribution in [0.4, 0.5) is 0 Å². The molecule has 0 aromatic heterocycles. The number of nitrogens with one attached hydrogen (secondary N) is 2. The monoisotopic (exact) mass is 323 g/mol. The van der Waals surface area contributed by atoms with E-state index in [-0.39, 0.29) is 0 Å². The molecular weight excluding hydrogens is 294 g/mol. The van der Waals surface area contributed by atoms with E-state index in [0.717, 1.165) is 50.1 Å². The summed E-state index contributed by atoms with van der Waals surface area (Å²) in [6.07, 6.45) is 0.954. The second-order valence-electron chi connectivity index (χ2n) is 5.07. The van der Waals surface area contributed by atoms with Crippen molar-refractivity contribution in [3.05, 3.63) is 35.4 Å². The first-order valence-electron chi connectivity index (χ1n) is 7.90. The summed E-state index contributed by atoms with van der Waals surface area (Å²) in [6, 6.07) is 8.75. The maximum atomic E-state index is 5.03. The van der Waals surface area contributed by atoms with Gasteiger partial charge in [-0.05, 0) is 25.8 Å². The van der Waals surface area contributed by atoms with Crippen LogP contribution in [0.25, 0.3) is 0 Å². The molecule has 0 heterocycles. The molecule has 22 heavy (non-hydrogen) atoms. The lowest BCUT2D eigenvalue weighted by molar-refractivity contribution is 0.197. The molecule has 1 rings (SSSR count). The van der Waals surface area contributed by atoms with Gasteiger partial charge in [0, 0.05) is 44.9 Å². The summed E-state index contributed by atoms with van der Waals surface area (Å²) >= 11 is 1.94. The van der Waals surface area contributed by atoms with Gasteiger partial charge in [-0.2, -0.15) is 11.8 Å². The van der Waals surface area contributed by atoms with Gasteiger partial charge in [0.25, 0.3) is 0 Å². The fraction of sp³-hybridized carbons (Fsp3) is 0.588. The summed E-state index contributed by atoms with van der Waals surface area (Å²) in [7, 11) is 1.72. The Morgan fingerprint density at radius 1 is 1.23 bits per heavy atom. The summed E-state index contributed by atoms with van der Waals surface area (Å²) in [5.41, 5.74) is 2.70. The SMILES string of the molecule is CCNC(=NCCCOC)NCCSCc1ccc(C)cc1. The third-order valence-electron chi connectivity index (χ3n) is 3.05. The summed E-state index contributed by atoms with van der Waals surface area (Å²) in [5.74, 6) is 3.02. The second-order valence-corrected chi connectivity index (χ2v) is 6.18. The van der Waals surface area contributed by atoms with Crippen LogP contribution in [0.5, 0.6) is 0 Å². The highest BCUT2D eigenvalue weighted by Gasteiger charge is 1.97. The molecule has 0 fully saturated rings. The minimum Gasteiger partial charge on any atom is -0.385 e. The number of nitrogens with zero attached hydrogens (tertiary/aromatic N) is 1. The first-order chi connectivity index (χ1) is 10.8. The van der Waals surface area contributed by atoms with E-state index >= 15 is 0 Å². The number of methoxy groups -OCH3 is 1. The van der Waals surface area contributed by atoms with Crippen molar-refractivity contribution in [1.82, 2.24) is 10.6 Å². The van der Waals surface area contributed by atoms with Gasteiger partial charge < -0.3 is 15.4 Å². The van der Waals surface area contributed by atoms with Gasteiger partial charge in [0.05, 0.1) is 0 Å². The molecule has 0 saturated carbocycles. The predicted octanol–water partition coefficient (Wildman–Crippen LogP) is 2.82. The average Bonchev–Trinajstić information content (AvgIpc) is 2.53. The minimum atomic E-state index is 0.759. The molecule has 124 valence electrons. The van der Waals surface area contributed by atoms with Gasteiger partial charge in [-0.15, -0.1) is 0 Å². The Bertz CT molecular complexity index is 420. The highest BCUT2D eigenvalue weighted by Crippen LogP contribution is 2.12. The summed E-state index contributed by atoms with van der Waals surface area (Å²) in [4.78, 5) is 4.52. The van der Waals surface area contributed by atoms with Crippen LogP contribution < -0.4 is 10.6 Å². The zero-order chi connectivity index (χ0) is 16.0. The van der Waals surface area contributed by atoms with E-state index in [2.05, 4.69) is 53.7 Å². The van der Waals surface area contributed by atoms with Crippen LogP contribution >= 0.6 is 11.8 Å². The van der Waals surface area contributed by atoms with Crippen molar-refractivity contribution < 1.29 is 4.74 Å². The number of guanidine groups is 1. The topological polar surface area (TPSA) is 45.7 Å². The van der Waals surface area contributed by atoms with Crippen molar-refractivity contribution in [1.29, 1.82) is 0 Å². The Labute approximate surface area is 139 Å². The van der Waals surface area contributed by atoms with Crippen molar-refractivity contribution >= 4 is 17.7 Å². The fourth-order valence-electron chi connectivity index (χ4n) is 1.86. The van der Waals surface area contributed by atoms with Crippen molar-refractivity contribution in [3.8, 4) is 0 Å². The van der Waals surface area contributed by atoms with E-state index in [1.54, 1.807) is 7.11 Å². The zero-order valence-corrected chi connectivity index (χ0v) is 14.8. The number of aryl methyl sites for hydroxylation is 1. The van der Waals surface area contributed by atoms with Gasteiger partial charge in [-0.25, -0.2) is 0 Å². The molecule has 0 saturated heterocycles. The molecule has 0 aliphatic heterocycles. The van der Waals surface area contributed by atoms with Crippen LogP contribution in [0.3, 0.4) is 0 Å². The lowest BCUT2D eigenvalue weighted by atomic mass is 10.2. The molecule has 0 amide bonds. The number of hydrogen-bond donors (Lipinski definition) is 2. The Morgan fingerprint density at radius 3 is 2.68 bits per heavy atom. The summed E-state index contributed by atoms with van der Waals surface area (Å²) in [6.45, 7) is 7.56. The number of thioether (sulfide) groups is 1. The maximum Gasteiger partial charge on any atom is 0.191 e. The van der Waals surface area contributed by atoms with Crippen molar-refractivity contribution in [3.63, 3.8) is 0 Å². The maximum absolute atomic E-state index is 5.03. The molecule has 5 heteroatoms. The molecule has 4 nitrogen and oxygen atoms in total. The summed E-state index contributed by atoms with van der Waals surface area (Å²) in [5, 5.41) is 6.63. The lowest BCUT2D eigenvalue weighted by Gasteiger charge is -2.11. The molecule has 0 aliphatic carbocycles. The van der Waals surface area contributed by atoms with Gasteiger partial charge >= 0.3 is 0 Å². The largest absolute Gasteiger partial charge is 0.385 e. The van der Waals surface area contributed by atoms with Crippen molar-refractivity contribution in [2.24, 2.45) is 4.99 Å². The smallest absolute Gasteiger partial charge is 0.191 e. The normalized spacial score (nSPS) is 11.5. The number of aliphatic imine (C=N–C) groups is 1. The van der Waals surface area contributed by atoms with Crippen LogP contribution in [0.2, 0.25) is 0 Å². The molecule has 2 N–H and O–H groups in total. The quantitative estimate of drug-likeness (QED) is 0.395. The first-order valence-corrected chi connectivity index (χ1v) is 9.06. The van der Waals surface area contributed by atoms with E-state index in [1.807, 2.05) is 11.8 Å². The molecule has 1 aromatic rings. The first kappa shape index (κ1) is 18.8. The molecule has 0 spiro atoms. The molecular formula is C17H29N3OS. The van der Waals surface area contributed by atoms with E-state index in [0.29, 0.717) is 0 Å². The molecule has 0 unspecified atom stereocenters. The van der Waals surface area contributed by atoms with Crippen LogP contribution in [-0.4, -0.2) is 45.1 Å². The summed E-state index contributed by atoms with van der Waals surface area (Å²) < 4.78 is 5.03. The molecule has 0 radical (unpaired) electrons. The minimum absolute atomic E-state index is 0.759. The van der Waals surface area contributed by atoms with Crippen LogP contribution in [0.15, 0.2) is 29.3 Å². The predicted molar refractivity (Wildman–Crippen MR) is 97.8 cm³/mol. The molecule has 1 aromatic carbocycles. The number of ether oxygens (including phenoxy) is 1. The van der Waals surface area contributed by atoms with Gasteiger partial charge in [0.1, 0.15) is 0 Å². The average molecular weight is 324 g/mol. The van der Waals surface area contributed by atoms with Crippen molar-refractivity contribution in [2.75, 3.05) is 39.1 Å². The Morgan fingerprint density at radius 2 is 2.00 bits per heavy atom. The highest BCUT2D eigenvalue weighted by molar-refractivity contribution is 7.98. The molecule has 0 bridgehead atoms. The zero-order valence-electron chi connectivity index (χ0n) is 14.0. The van der Waals surface area contributed by atoms with E-state index in [1.165, 1.54) is 11.1 Å². The van der Waals surface area contributed by atoms with Gasteiger partial charge in [0.15, 0.2) is 5.96 Å². The van der Waals surface area contributed by atoms with Crippen LogP contribution in [0.1, 0.15) is 24.5 Å². The van der Waals surface area contributed by atoms with Crippen molar-refractivity contribution in [2.45, 2.75) is 26.0 Å². The Balaban J connectivity index is 2.17. The van der Waals surface area contributed by atoms with Gasteiger partial charge in [0.2, 0.25) is 0 Å². The lowest BCUT2D eigenvalue weighted by Crippen LogP contribution is -2.38.